The molecule has 1 unspecified atom stereocenters. The Morgan fingerprint density at radius 3 is 2.71 bits per heavy atom. The van der Waals surface area contributed by atoms with E-state index in [4.69, 9.17) is 12.2 Å². The third-order valence-electron chi connectivity index (χ3n) is 3.23. The molecule has 1 fully saturated rings. The molecule has 2 heterocycles. The zero-order valence-corrected chi connectivity index (χ0v) is 12.4. The molecule has 0 spiro atoms. The van der Waals surface area contributed by atoms with Crippen molar-refractivity contribution in [1.82, 2.24) is 9.97 Å². The fourth-order valence-corrected chi connectivity index (χ4v) is 4.15. The van der Waals surface area contributed by atoms with Crippen LogP contribution >= 0.6 is 24.0 Å². The zero-order chi connectivity index (χ0) is 12.4. The molecule has 0 saturated carbocycles. The van der Waals surface area contributed by atoms with Crippen LogP contribution in [0.25, 0.3) is 0 Å². The number of H-pyrrole nitrogens is 1. The third-order valence-corrected chi connectivity index (χ3v) is 4.93. The lowest BCUT2D eigenvalue weighted by Gasteiger charge is -2.22. The van der Waals surface area contributed by atoms with Crippen LogP contribution in [-0.2, 0) is 0 Å². The molecule has 2 rings (SSSR count). The predicted molar refractivity (Wildman–Crippen MR) is 77.3 cm³/mol. The van der Waals surface area contributed by atoms with Gasteiger partial charge in [0.05, 0.1) is 5.25 Å². The fraction of sp³-hybridized carbons (Fsp3) is 0.692. The molecule has 0 aromatic carbocycles. The smallest absolute Gasteiger partial charge is 0.133 e. The fourth-order valence-electron chi connectivity index (χ4n) is 2.41. The van der Waals surface area contributed by atoms with E-state index in [1.807, 2.05) is 11.8 Å². The number of nitrogens with zero attached hydrogens (tertiary/aromatic N) is 1. The summed E-state index contributed by atoms with van der Waals surface area (Å²) in [5.74, 6) is 2.78. The van der Waals surface area contributed by atoms with E-state index in [9.17, 15) is 0 Å². The summed E-state index contributed by atoms with van der Waals surface area (Å²) in [6.07, 6.45) is 3.87. The van der Waals surface area contributed by atoms with E-state index in [-0.39, 0.29) is 0 Å². The van der Waals surface area contributed by atoms with Crippen LogP contribution in [0.5, 0.6) is 0 Å². The summed E-state index contributed by atoms with van der Waals surface area (Å²) in [5.41, 5.74) is 2.39. The summed E-state index contributed by atoms with van der Waals surface area (Å²) < 4.78 is 0.789. The van der Waals surface area contributed by atoms with Gasteiger partial charge in [0.15, 0.2) is 0 Å². The van der Waals surface area contributed by atoms with Crippen molar-refractivity contribution < 1.29 is 0 Å². The zero-order valence-electron chi connectivity index (χ0n) is 10.7. The standard InChI is InChI=1S/C13H20N2S2/c1-8(2)11-9(3)14-12(15-13(11)16)10-6-4-5-7-17-10/h8,10H,4-7H2,1-3H3,(H,14,15,16). The Morgan fingerprint density at radius 2 is 2.18 bits per heavy atom. The van der Waals surface area contributed by atoms with Gasteiger partial charge in [-0.2, -0.15) is 11.8 Å². The van der Waals surface area contributed by atoms with Crippen molar-refractivity contribution in [2.24, 2.45) is 0 Å². The van der Waals surface area contributed by atoms with Crippen LogP contribution in [0.2, 0.25) is 0 Å². The Labute approximate surface area is 113 Å². The maximum Gasteiger partial charge on any atom is 0.133 e. The minimum Gasteiger partial charge on any atom is -0.346 e. The number of aromatic nitrogens is 2. The van der Waals surface area contributed by atoms with E-state index >= 15 is 0 Å². The maximum absolute atomic E-state index is 5.43. The summed E-state index contributed by atoms with van der Waals surface area (Å²) in [4.78, 5) is 8.09. The maximum atomic E-state index is 5.43. The van der Waals surface area contributed by atoms with Crippen LogP contribution in [0.3, 0.4) is 0 Å². The Balaban J connectivity index is 2.34. The quantitative estimate of drug-likeness (QED) is 0.799. The number of thioether (sulfide) groups is 1. The molecular formula is C13H20N2S2. The van der Waals surface area contributed by atoms with Crippen LogP contribution in [0.4, 0.5) is 0 Å². The van der Waals surface area contributed by atoms with Gasteiger partial charge >= 0.3 is 0 Å². The van der Waals surface area contributed by atoms with Crippen LogP contribution in [0.15, 0.2) is 0 Å². The van der Waals surface area contributed by atoms with E-state index in [2.05, 4.69) is 30.7 Å². The Kier molecular flexibility index (Phi) is 4.26. The second-order valence-corrected chi connectivity index (χ2v) is 6.67. The molecule has 1 atom stereocenters. The van der Waals surface area contributed by atoms with Gasteiger partial charge in [0.25, 0.3) is 0 Å². The van der Waals surface area contributed by atoms with E-state index in [0.717, 1.165) is 10.5 Å². The molecule has 0 aliphatic carbocycles. The Bertz CT molecular complexity index is 445. The molecule has 94 valence electrons. The molecule has 1 aromatic heterocycles. The molecular weight excluding hydrogens is 248 g/mol. The lowest BCUT2D eigenvalue weighted by molar-refractivity contribution is 0.655. The van der Waals surface area contributed by atoms with Gasteiger partial charge in [-0.3, -0.25) is 0 Å². The molecule has 0 radical (unpaired) electrons. The number of nitrogens with one attached hydrogen (secondary N) is 1. The predicted octanol–water partition coefficient (Wildman–Crippen LogP) is 4.53. The topological polar surface area (TPSA) is 28.7 Å². The average Bonchev–Trinajstić information content (AvgIpc) is 2.28. The van der Waals surface area contributed by atoms with E-state index in [1.54, 1.807) is 0 Å². The highest BCUT2D eigenvalue weighted by atomic mass is 32.2. The lowest BCUT2D eigenvalue weighted by Crippen LogP contribution is -2.10. The Hall–Kier alpha value is -0.350. The summed E-state index contributed by atoms with van der Waals surface area (Å²) in [6.45, 7) is 6.45. The summed E-state index contributed by atoms with van der Waals surface area (Å²) in [7, 11) is 0. The SMILES string of the molecule is Cc1[nH]c(C2CCCCS2)nc(=S)c1C(C)C. The first-order valence-corrected chi connectivity index (χ1v) is 7.77. The molecule has 1 N–H and O–H groups in total. The Morgan fingerprint density at radius 1 is 1.41 bits per heavy atom. The number of hydrogen-bond donors (Lipinski definition) is 1. The van der Waals surface area contributed by atoms with Crippen molar-refractivity contribution >= 4 is 24.0 Å². The van der Waals surface area contributed by atoms with Crippen LogP contribution in [0.1, 0.15) is 61.4 Å². The highest BCUT2D eigenvalue weighted by molar-refractivity contribution is 7.99. The molecule has 1 aliphatic rings. The van der Waals surface area contributed by atoms with Crippen LogP contribution in [-0.4, -0.2) is 15.7 Å². The third kappa shape index (κ3) is 2.91. The minimum absolute atomic E-state index is 0.444. The van der Waals surface area contributed by atoms with Gasteiger partial charge in [-0.05, 0) is 31.4 Å². The summed E-state index contributed by atoms with van der Waals surface area (Å²) >= 11 is 7.44. The van der Waals surface area contributed by atoms with Crippen molar-refractivity contribution in [3.63, 3.8) is 0 Å². The second kappa shape index (κ2) is 5.53. The molecule has 4 heteroatoms. The minimum atomic E-state index is 0.444. The molecule has 17 heavy (non-hydrogen) atoms. The molecule has 0 bridgehead atoms. The van der Waals surface area contributed by atoms with Gasteiger partial charge in [-0.25, -0.2) is 4.98 Å². The summed E-state index contributed by atoms with van der Waals surface area (Å²) in [6, 6.07) is 0. The van der Waals surface area contributed by atoms with Crippen molar-refractivity contribution in [3.8, 4) is 0 Å². The second-order valence-electron chi connectivity index (χ2n) is 4.98. The molecule has 1 saturated heterocycles. The van der Waals surface area contributed by atoms with E-state index in [1.165, 1.54) is 36.3 Å². The number of rotatable bonds is 2. The first kappa shape index (κ1) is 13.1. The van der Waals surface area contributed by atoms with Crippen molar-refractivity contribution in [2.75, 3.05) is 5.75 Å². The van der Waals surface area contributed by atoms with Gasteiger partial charge in [-0.1, -0.05) is 32.5 Å². The van der Waals surface area contributed by atoms with Crippen LogP contribution < -0.4 is 0 Å². The lowest BCUT2D eigenvalue weighted by atomic mass is 10.0. The van der Waals surface area contributed by atoms with Crippen LogP contribution in [0, 0.1) is 11.6 Å². The largest absolute Gasteiger partial charge is 0.346 e. The highest BCUT2D eigenvalue weighted by Crippen LogP contribution is 2.37. The molecule has 0 amide bonds. The van der Waals surface area contributed by atoms with Crippen molar-refractivity contribution in [2.45, 2.75) is 51.2 Å². The first-order valence-electron chi connectivity index (χ1n) is 6.32. The monoisotopic (exact) mass is 268 g/mol. The van der Waals surface area contributed by atoms with E-state index < -0.39 is 0 Å². The molecule has 2 nitrogen and oxygen atoms in total. The molecule has 1 aliphatic heterocycles. The van der Waals surface area contributed by atoms with Gasteiger partial charge in [-0.15, -0.1) is 0 Å². The first-order chi connectivity index (χ1) is 8.09. The molecule has 1 aromatic rings. The van der Waals surface area contributed by atoms with Gasteiger partial charge in [0.1, 0.15) is 10.5 Å². The number of hydrogen-bond acceptors (Lipinski definition) is 3. The van der Waals surface area contributed by atoms with Crippen molar-refractivity contribution in [3.05, 3.63) is 21.7 Å². The van der Waals surface area contributed by atoms with E-state index in [0.29, 0.717) is 11.2 Å². The van der Waals surface area contributed by atoms with Gasteiger partial charge < -0.3 is 4.98 Å². The highest BCUT2D eigenvalue weighted by Gasteiger charge is 2.19. The average molecular weight is 268 g/mol. The van der Waals surface area contributed by atoms with Gasteiger partial charge in [0, 0.05) is 11.3 Å². The normalized spacial score (nSPS) is 20.8. The van der Waals surface area contributed by atoms with Crippen molar-refractivity contribution in [1.29, 1.82) is 0 Å². The number of aromatic amines is 1. The number of aryl methyl sites for hydroxylation is 1. The summed E-state index contributed by atoms with van der Waals surface area (Å²) in [5, 5.41) is 0.519. The van der Waals surface area contributed by atoms with Gasteiger partial charge in [0.2, 0.25) is 0 Å².